The molecular weight excluding hydrogens is 622 g/mol. The molecule has 0 bridgehead atoms. The summed E-state index contributed by atoms with van der Waals surface area (Å²) in [5.41, 5.74) is 5.28. The van der Waals surface area contributed by atoms with Gasteiger partial charge in [0.1, 0.15) is 12.4 Å². The van der Waals surface area contributed by atoms with Crippen molar-refractivity contribution in [2.45, 2.75) is 64.5 Å². The van der Waals surface area contributed by atoms with Gasteiger partial charge in [0.25, 0.3) is 5.91 Å². The molecule has 2 aromatic rings. The highest BCUT2D eigenvalue weighted by molar-refractivity contribution is 5.95. The Morgan fingerprint density at radius 1 is 0.911 bits per heavy atom. The predicted octanol–water partition coefficient (Wildman–Crippen LogP) is 3.60. The van der Waals surface area contributed by atoms with E-state index in [4.69, 9.17) is 29.7 Å². The summed E-state index contributed by atoms with van der Waals surface area (Å²) in [6, 6.07) is 9.28. The van der Waals surface area contributed by atoms with E-state index >= 15 is 0 Å². The number of carbonyl (C=O) groups is 4. The lowest BCUT2D eigenvalue weighted by molar-refractivity contribution is -0.193. The molecule has 1 aliphatic heterocycles. The maximum Gasteiger partial charge on any atom is 0.490 e. The smallest absolute Gasteiger partial charge is 0.489 e. The number of amides is 2. The second-order valence-corrected chi connectivity index (χ2v) is 9.83. The van der Waals surface area contributed by atoms with Crippen LogP contribution in [0.2, 0.25) is 0 Å². The Labute approximate surface area is 252 Å². The number of carboxylic acids is 2. The first kappa shape index (κ1) is 38.6. The molecule has 2 amide bonds. The molecule has 0 atom stereocenters. The van der Waals surface area contributed by atoms with E-state index in [2.05, 4.69) is 15.6 Å². The molecule has 0 aliphatic carbocycles. The van der Waals surface area contributed by atoms with Crippen molar-refractivity contribution in [2.24, 2.45) is 0 Å². The number of rotatable bonds is 7. The lowest BCUT2D eigenvalue weighted by atomic mass is 9.84. The molecule has 2 heterocycles. The molecule has 1 saturated heterocycles. The van der Waals surface area contributed by atoms with Gasteiger partial charge in [-0.3, -0.25) is 19.8 Å². The molecule has 250 valence electrons. The Morgan fingerprint density at radius 2 is 1.40 bits per heavy atom. The zero-order valence-corrected chi connectivity index (χ0v) is 24.2. The number of piperidine rings is 1. The molecule has 1 aromatic heterocycles. The summed E-state index contributed by atoms with van der Waals surface area (Å²) in [5, 5.41) is 29.4. The zero-order valence-electron chi connectivity index (χ0n) is 24.2. The fourth-order valence-electron chi connectivity index (χ4n) is 4.03. The molecule has 12 nitrogen and oxygen atoms in total. The molecule has 0 spiro atoms. The van der Waals surface area contributed by atoms with Crippen molar-refractivity contribution in [2.75, 3.05) is 13.1 Å². The molecule has 0 unspecified atom stereocenters. The first-order chi connectivity index (χ1) is 20.7. The maximum absolute atomic E-state index is 12.9. The molecule has 6 N–H and O–H groups in total. The molecule has 18 heteroatoms. The van der Waals surface area contributed by atoms with E-state index in [0.29, 0.717) is 43.9 Å². The Hall–Kier alpha value is -4.45. The second kappa shape index (κ2) is 16.6. The van der Waals surface area contributed by atoms with Crippen molar-refractivity contribution in [1.29, 1.82) is 0 Å². The number of hydrogen-bond donors (Lipinski definition) is 6. The van der Waals surface area contributed by atoms with Crippen LogP contribution in [0, 0.1) is 20.8 Å². The van der Waals surface area contributed by atoms with E-state index in [0.717, 1.165) is 22.5 Å². The van der Waals surface area contributed by atoms with E-state index in [-0.39, 0.29) is 12.3 Å². The van der Waals surface area contributed by atoms with Crippen LogP contribution in [-0.4, -0.2) is 75.1 Å². The fourth-order valence-corrected chi connectivity index (χ4v) is 4.03. The Kier molecular flexibility index (Phi) is 14.2. The monoisotopic (exact) mass is 654 g/mol. The van der Waals surface area contributed by atoms with Gasteiger partial charge in [0.05, 0.1) is 12.0 Å². The van der Waals surface area contributed by atoms with Gasteiger partial charge in [-0.05, 0) is 88.2 Å². The fraction of sp³-hybridized carbons (Fsp3) is 0.444. The van der Waals surface area contributed by atoms with Crippen molar-refractivity contribution in [3.8, 4) is 5.75 Å². The van der Waals surface area contributed by atoms with Crippen LogP contribution >= 0.6 is 0 Å². The summed E-state index contributed by atoms with van der Waals surface area (Å²) in [7, 11) is 0. The van der Waals surface area contributed by atoms with Gasteiger partial charge in [-0.2, -0.15) is 26.3 Å². The normalized spacial score (nSPS) is 14.0. The van der Waals surface area contributed by atoms with E-state index in [1.54, 1.807) is 23.7 Å². The van der Waals surface area contributed by atoms with Crippen LogP contribution < -0.4 is 20.9 Å². The van der Waals surface area contributed by atoms with Crippen LogP contribution in [-0.2, 0) is 21.0 Å². The van der Waals surface area contributed by atoms with Crippen molar-refractivity contribution < 1.29 is 65.7 Å². The summed E-state index contributed by atoms with van der Waals surface area (Å²) in [4.78, 5) is 46.9. The van der Waals surface area contributed by atoms with Crippen LogP contribution in [0.15, 0.2) is 30.3 Å². The Balaban J connectivity index is 0.000000601. The number of benzene rings is 1. The number of hydrogen-bond acceptors (Lipinski definition) is 8. The molecule has 3 rings (SSSR count). The molecular formula is C27H32F6N4O8. The van der Waals surface area contributed by atoms with Crippen molar-refractivity contribution in [3.05, 3.63) is 58.4 Å². The van der Waals surface area contributed by atoms with Gasteiger partial charge in [0.15, 0.2) is 0 Å². The first-order valence-electron chi connectivity index (χ1n) is 12.9. The van der Waals surface area contributed by atoms with E-state index in [1.807, 2.05) is 32.9 Å². The number of hydroxylamine groups is 1. The summed E-state index contributed by atoms with van der Waals surface area (Å²) in [5.74, 6) is -5.56. The van der Waals surface area contributed by atoms with Crippen molar-refractivity contribution in [1.82, 2.24) is 21.1 Å². The Morgan fingerprint density at radius 3 is 1.82 bits per heavy atom. The SMILES string of the molecule is Cc1cc(COc2ccc(C(=O)NC3(CC(=O)NO)CCNCC3)cc2C)cc(C)n1.O=C(O)C(F)(F)F.O=C(O)C(F)(F)F. The highest BCUT2D eigenvalue weighted by atomic mass is 19.4. The number of nitrogens with zero attached hydrogens (tertiary/aromatic N) is 1. The molecule has 1 aromatic carbocycles. The van der Waals surface area contributed by atoms with Crippen LogP contribution in [0.25, 0.3) is 0 Å². The molecule has 45 heavy (non-hydrogen) atoms. The van der Waals surface area contributed by atoms with Gasteiger partial charge in [-0.25, -0.2) is 15.1 Å². The minimum atomic E-state index is -5.08. The van der Waals surface area contributed by atoms with Crippen LogP contribution in [0.3, 0.4) is 0 Å². The average molecular weight is 655 g/mol. The minimum Gasteiger partial charge on any atom is -0.489 e. The zero-order chi connectivity index (χ0) is 34.6. The molecule has 0 saturated carbocycles. The third-order valence-corrected chi connectivity index (χ3v) is 6.02. The van der Waals surface area contributed by atoms with Gasteiger partial charge in [-0.15, -0.1) is 0 Å². The Bertz CT molecular complexity index is 1300. The van der Waals surface area contributed by atoms with Crippen molar-refractivity contribution >= 4 is 23.8 Å². The number of halogens is 6. The van der Waals surface area contributed by atoms with Gasteiger partial charge >= 0.3 is 24.3 Å². The third-order valence-electron chi connectivity index (χ3n) is 6.02. The number of ether oxygens (including phenoxy) is 1. The minimum absolute atomic E-state index is 0.0296. The molecule has 1 aliphatic rings. The highest BCUT2D eigenvalue weighted by Gasteiger charge is 2.39. The van der Waals surface area contributed by atoms with Gasteiger partial charge in [0.2, 0.25) is 5.91 Å². The molecule has 0 radical (unpaired) electrons. The number of carboxylic acid groups (broad SMARTS) is 2. The van der Waals surface area contributed by atoms with Gasteiger partial charge in [0, 0.05) is 17.0 Å². The van der Waals surface area contributed by atoms with Gasteiger partial charge in [-0.1, -0.05) is 0 Å². The standard InChI is InChI=1S/C23H30N4O4.2C2HF3O2/c1-15-10-19(4-5-20(15)31-14-18-11-16(2)25-17(3)12-18)22(29)26-23(13-21(28)27-30)6-8-24-9-7-23;2*3-2(4,5)1(6)7/h4-5,10-12,24,30H,6-9,13-14H2,1-3H3,(H,26,29)(H,27,28);2*(H,6,7). The number of aryl methyl sites for hydroxylation is 3. The number of aliphatic carboxylic acids is 2. The van der Waals surface area contributed by atoms with Crippen molar-refractivity contribution in [3.63, 3.8) is 0 Å². The number of alkyl halides is 6. The number of carbonyl (C=O) groups excluding carboxylic acids is 2. The summed E-state index contributed by atoms with van der Waals surface area (Å²) >= 11 is 0. The van der Waals surface area contributed by atoms with Gasteiger partial charge < -0.3 is 25.6 Å². The lowest BCUT2D eigenvalue weighted by Crippen LogP contribution is -2.56. The summed E-state index contributed by atoms with van der Waals surface area (Å²) in [6.45, 7) is 7.61. The summed E-state index contributed by atoms with van der Waals surface area (Å²) < 4.78 is 69.4. The highest BCUT2D eigenvalue weighted by Crippen LogP contribution is 2.25. The number of nitrogens with one attached hydrogen (secondary N) is 3. The topological polar surface area (TPSA) is 187 Å². The maximum atomic E-state index is 12.9. The predicted molar refractivity (Wildman–Crippen MR) is 143 cm³/mol. The first-order valence-corrected chi connectivity index (χ1v) is 12.9. The van der Waals surface area contributed by atoms with Crippen LogP contribution in [0.5, 0.6) is 5.75 Å². The molecule has 1 fully saturated rings. The largest absolute Gasteiger partial charge is 0.490 e. The average Bonchev–Trinajstić information content (AvgIpc) is 2.91. The van der Waals surface area contributed by atoms with E-state index in [1.165, 1.54) is 0 Å². The van der Waals surface area contributed by atoms with Crippen LogP contribution in [0.1, 0.15) is 52.1 Å². The third kappa shape index (κ3) is 13.8. The lowest BCUT2D eigenvalue weighted by Gasteiger charge is -2.37. The number of aromatic nitrogens is 1. The second-order valence-electron chi connectivity index (χ2n) is 9.83. The quantitative estimate of drug-likeness (QED) is 0.146. The van der Waals surface area contributed by atoms with E-state index in [9.17, 15) is 35.9 Å². The number of pyridine rings is 1. The van der Waals surface area contributed by atoms with E-state index < -0.39 is 35.7 Å². The van der Waals surface area contributed by atoms with Crippen LogP contribution in [0.4, 0.5) is 26.3 Å². The summed E-state index contributed by atoms with van der Waals surface area (Å²) in [6.07, 6.45) is -8.92.